The van der Waals surface area contributed by atoms with Crippen molar-refractivity contribution >= 4 is 11.3 Å². The molecule has 0 radical (unpaired) electrons. The number of aryl methyl sites for hydroxylation is 1. The van der Waals surface area contributed by atoms with Crippen LogP contribution in [0.15, 0.2) is 16.4 Å². The third-order valence-electron chi connectivity index (χ3n) is 4.51. The summed E-state index contributed by atoms with van der Waals surface area (Å²) in [6.45, 7) is 3.34. The predicted molar refractivity (Wildman–Crippen MR) is 88.6 cm³/mol. The van der Waals surface area contributed by atoms with Gasteiger partial charge in [-0.25, -0.2) is 4.68 Å². The van der Waals surface area contributed by atoms with Gasteiger partial charge in [0, 0.05) is 30.2 Å². The highest BCUT2D eigenvalue weighted by atomic mass is 32.1. The van der Waals surface area contributed by atoms with Gasteiger partial charge in [0.1, 0.15) is 5.69 Å². The van der Waals surface area contributed by atoms with Crippen LogP contribution in [0.5, 0.6) is 0 Å². The van der Waals surface area contributed by atoms with Crippen LogP contribution in [0.3, 0.4) is 0 Å². The van der Waals surface area contributed by atoms with E-state index in [0.29, 0.717) is 18.3 Å². The largest absolute Gasteiger partial charge is 0.390 e. The van der Waals surface area contributed by atoms with E-state index in [9.17, 15) is 4.79 Å². The molecule has 0 aromatic carbocycles. The molecule has 0 aliphatic heterocycles. The molecule has 2 aromatic heterocycles. The number of aromatic nitrogens is 4. The first-order valence-electron chi connectivity index (χ1n) is 8.09. The van der Waals surface area contributed by atoms with Crippen LogP contribution in [-0.2, 0) is 13.2 Å². The van der Waals surface area contributed by atoms with Crippen LogP contribution in [0.4, 0.5) is 0 Å². The fraction of sp³-hybridized carbons (Fsp3) is 0.667. The number of hydrogen-bond acceptors (Lipinski definition) is 6. The molecule has 8 heteroatoms. The fourth-order valence-corrected chi connectivity index (χ4v) is 4.01. The topological polar surface area (TPSA) is 85.0 Å². The molecule has 0 saturated heterocycles. The van der Waals surface area contributed by atoms with Crippen LogP contribution in [0, 0.1) is 6.92 Å². The maximum Gasteiger partial charge on any atom is 0.307 e. The highest BCUT2D eigenvalue weighted by molar-refractivity contribution is 7.07. The SMILES string of the molecule is Cc1csc(=O)n1CCN[C@H]1CCCC[C@H]1n1cc(CO)nn1. The van der Waals surface area contributed by atoms with Crippen LogP contribution in [0.25, 0.3) is 0 Å². The van der Waals surface area contributed by atoms with Gasteiger partial charge in [0.2, 0.25) is 0 Å². The van der Waals surface area contributed by atoms with Crippen LogP contribution in [-0.4, -0.2) is 37.3 Å². The number of rotatable bonds is 6. The number of thiazole rings is 1. The van der Waals surface area contributed by atoms with Crippen molar-refractivity contribution in [1.29, 1.82) is 0 Å². The zero-order valence-corrected chi connectivity index (χ0v) is 14.1. The van der Waals surface area contributed by atoms with Crippen molar-refractivity contribution in [3.8, 4) is 0 Å². The Hall–Kier alpha value is -1.51. The van der Waals surface area contributed by atoms with Crippen molar-refractivity contribution in [2.24, 2.45) is 0 Å². The number of hydrogen-bond donors (Lipinski definition) is 2. The molecule has 126 valence electrons. The number of nitrogens with zero attached hydrogens (tertiary/aromatic N) is 4. The quantitative estimate of drug-likeness (QED) is 0.824. The van der Waals surface area contributed by atoms with E-state index in [1.165, 1.54) is 24.2 Å². The Morgan fingerprint density at radius 3 is 2.96 bits per heavy atom. The average Bonchev–Trinajstić information content (AvgIpc) is 3.17. The number of nitrogens with one attached hydrogen (secondary N) is 1. The predicted octanol–water partition coefficient (Wildman–Crippen LogP) is 1.08. The molecule has 0 unspecified atom stereocenters. The second kappa shape index (κ2) is 7.37. The lowest BCUT2D eigenvalue weighted by Gasteiger charge is -2.32. The molecule has 1 aliphatic rings. The van der Waals surface area contributed by atoms with Crippen molar-refractivity contribution in [1.82, 2.24) is 24.9 Å². The third-order valence-corrected chi connectivity index (χ3v) is 5.39. The van der Waals surface area contributed by atoms with Crippen molar-refractivity contribution in [2.45, 2.75) is 57.8 Å². The highest BCUT2D eigenvalue weighted by Gasteiger charge is 2.27. The van der Waals surface area contributed by atoms with Crippen LogP contribution in [0.2, 0.25) is 0 Å². The van der Waals surface area contributed by atoms with Gasteiger partial charge >= 0.3 is 4.87 Å². The summed E-state index contributed by atoms with van der Waals surface area (Å²) in [5.74, 6) is 0. The van der Waals surface area contributed by atoms with Crippen molar-refractivity contribution in [3.05, 3.63) is 32.6 Å². The van der Waals surface area contributed by atoms with Gasteiger partial charge in [-0.05, 0) is 19.8 Å². The summed E-state index contributed by atoms with van der Waals surface area (Å²) in [5.41, 5.74) is 1.63. The third kappa shape index (κ3) is 3.70. The van der Waals surface area contributed by atoms with E-state index < -0.39 is 0 Å². The monoisotopic (exact) mass is 337 g/mol. The van der Waals surface area contributed by atoms with Crippen molar-refractivity contribution in [2.75, 3.05) is 6.54 Å². The maximum absolute atomic E-state index is 11.8. The van der Waals surface area contributed by atoms with Gasteiger partial charge in [0.25, 0.3) is 0 Å². The van der Waals surface area contributed by atoms with Crippen LogP contribution < -0.4 is 10.2 Å². The Morgan fingerprint density at radius 2 is 2.26 bits per heavy atom. The zero-order chi connectivity index (χ0) is 16.2. The van der Waals surface area contributed by atoms with Gasteiger partial charge in [0.05, 0.1) is 18.8 Å². The molecule has 1 saturated carbocycles. The molecule has 2 aromatic rings. The van der Waals surface area contributed by atoms with Gasteiger partial charge in [0.15, 0.2) is 0 Å². The molecule has 23 heavy (non-hydrogen) atoms. The Morgan fingerprint density at radius 1 is 1.43 bits per heavy atom. The minimum absolute atomic E-state index is 0.0782. The van der Waals surface area contributed by atoms with E-state index >= 15 is 0 Å². The first-order valence-corrected chi connectivity index (χ1v) is 8.97. The highest BCUT2D eigenvalue weighted by Crippen LogP contribution is 2.28. The Balaban J connectivity index is 1.61. The first-order chi connectivity index (χ1) is 11.2. The van der Waals surface area contributed by atoms with E-state index in [0.717, 1.165) is 25.1 Å². The Bertz CT molecular complexity index is 692. The molecule has 7 nitrogen and oxygen atoms in total. The Kier molecular flexibility index (Phi) is 5.24. The van der Waals surface area contributed by atoms with E-state index in [4.69, 9.17) is 5.11 Å². The number of aliphatic hydroxyl groups is 1. The van der Waals surface area contributed by atoms with Crippen LogP contribution >= 0.6 is 11.3 Å². The van der Waals surface area contributed by atoms with Crippen LogP contribution in [0.1, 0.15) is 43.1 Å². The summed E-state index contributed by atoms with van der Waals surface area (Å²) >= 11 is 1.25. The fourth-order valence-electron chi connectivity index (χ4n) is 3.25. The van der Waals surface area contributed by atoms with Crippen molar-refractivity contribution in [3.63, 3.8) is 0 Å². The molecule has 0 bridgehead atoms. The maximum atomic E-state index is 11.8. The molecule has 2 N–H and O–H groups in total. The van der Waals surface area contributed by atoms with E-state index in [1.807, 2.05) is 27.7 Å². The molecule has 2 atom stereocenters. The zero-order valence-electron chi connectivity index (χ0n) is 13.3. The summed E-state index contributed by atoms with van der Waals surface area (Å²) in [5, 5.41) is 22.8. The van der Waals surface area contributed by atoms with Crippen molar-refractivity contribution < 1.29 is 5.11 Å². The Labute approximate surface area is 139 Å². The summed E-state index contributed by atoms with van der Waals surface area (Å²) in [6, 6.07) is 0.587. The lowest BCUT2D eigenvalue weighted by atomic mass is 9.90. The normalized spacial score (nSPS) is 21.7. The minimum Gasteiger partial charge on any atom is -0.390 e. The average molecular weight is 337 g/mol. The molecule has 2 heterocycles. The molecular formula is C15H23N5O2S. The summed E-state index contributed by atoms with van der Waals surface area (Å²) in [6.07, 6.45) is 6.37. The molecule has 0 amide bonds. The summed E-state index contributed by atoms with van der Waals surface area (Å²) in [7, 11) is 0. The lowest BCUT2D eigenvalue weighted by Crippen LogP contribution is -2.42. The van der Waals surface area contributed by atoms with E-state index in [1.54, 1.807) is 0 Å². The molecule has 1 fully saturated rings. The second-order valence-corrected chi connectivity index (χ2v) is 6.88. The smallest absolute Gasteiger partial charge is 0.307 e. The molecule has 3 rings (SSSR count). The second-order valence-electron chi connectivity index (χ2n) is 6.06. The minimum atomic E-state index is -0.0782. The lowest BCUT2D eigenvalue weighted by molar-refractivity contribution is 0.242. The standard InChI is InChI=1S/C15H23N5O2S/c1-11-10-23-15(22)19(11)7-6-16-13-4-2-3-5-14(13)20-8-12(9-21)17-18-20/h8,10,13-14,16,21H,2-7,9H2,1H3/t13-,14+/m0/s1. The molecule has 1 aliphatic carbocycles. The van der Waals surface area contributed by atoms with Gasteiger partial charge < -0.3 is 15.0 Å². The van der Waals surface area contributed by atoms with Gasteiger partial charge in [-0.3, -0.25) is 4.79 Å². The number of aliphatic hydroxyl groups excluding tert-OH is 1. The molecular weight excluding hydrogens is 314 g/mol. The van der Waals surface area contributed by atoms with E-state index in [2.05, 4.69) is 15.6 Å². The first kappa shape index (κ1) is 16.4. The summed E-state index contributed by atoms with van der Waals surface area (Å²) < 4.78 is 3.69. The van der Waals surface area contributed by atoms with Gasteiger partial charge in [-0.1, -0.05) is 29.4 Å². The van der Waals surface area contributed by atoms with Gasteiger partial charge in [-0.2, -0.15) is 0 Å². The van der Waals surface area contributed by atoms with Gasteiger partial charge in [-0.15, -0.1) is 5.10 Å². The van der Waals surface area contributed by atoms with E-state index in [-0.39, 0.29) is 17.5 Å². The molecule has 0 spiro atoms. The summed E-state index contributed by atoms with van der Waals surface area (Å²) in [4.78, 5) is 11.9.